The minimum Gasteiger partial charge on any atom is -0.395 e. The summed E-state index contributed by atoms with van der Waals surface area (Å²) in [6, 6.07) is 0.319. The van der Waals surface area contributed by atoms with Crippen LogP contribution in [-0.2, 0) is 0 Å². The lowest BCUT2D eigenvalue weighted by atomic mass is 9.86. The molecule has 0 saturated carbocycles. The van der Waals surface area contributed by atoms with E-state index in [0.29, 0.717) is 5.38 Å². The number of alkyl halides is 1. The summed E-state index contributed by atoms with van der Waals surface area (Å²) in [4.78, 5) is 4.78. The van der Waals surface area contributed by atoms with Gasteiger partial charge in [-0.1, -0.05) is 98.5 Å². The van der Waals surface area contributed by atoms with Crippen LogP contribution in [0.15, 0.2) is 40.6 Å². The number of nitrogens with one attached hydrogen (secondary N) is 1. The van der Waals surface area contributed by atoms with E-state index in [9.17, 15) is 5.11 Å². The number of hydrogen-bond donors (Lipinski definition) is 2. The minimum atomic E-state index is 0.155. The smallest absolute Gasteiger partial charge is 0.0584 e. The van der Waals surface area contributed by atoms with E-state index in [1.165, 1.54) is 18.4 Å². The Bertz CT molecular complexity index is 593. The van der Waals surface area contributed by atoms with Crippen LogP contribution in [0.2, 0.25) is 0 Å². The average molecular weight is 499 g/mol. The summed E-state index contributed by atoms with van der Waals surface area (Å²) in [5.74, 6) is 0. The monoisotopic (exact) mass is 498 g/mol. The molecule has 0 aromatic heterocycles. The fourth-order valence-electron chi connectivity index (χ4n) is 2.80. The quantitative estimate of drug-likeness (QED) is 0.217. The normalized spacial score (nSPS) is 19.6. The zero-order valence-corrected chi connectivity index (χ0v) is 25.6. The second-order valence-corrected chi connectivity index (χ2v) is 10.8. The van der Waals surface area contributed by atoms with Crippen molar-refractivity contribution in [1.82, 2.24) is 5.32 Å². The molecule has 2 unspecified atom stereocenters. The number of nitrogens with zero attached hydrogens (tertiary/aromatic N) is 1. The van der Waals surface area contributed by atoms with E-state index in [-0.39, 0.29) is 24.1 Å². The number of halogens is 1. The Hall–Kier alpha value is -0.900. The number of unbranched alkanes of at least 4 members (excludes halogenated alkanes) is 1. The molecule has 3 nitrogen and oxygen atoms in total. The predicted molar refractivity (Wildman–Crippen MR) is 158 cm³/mol. The second-order valence-electron chi connectivity index (χ2n) is 9.91. The second kappa shape index (κ2) is 22.6. The van der Waals surface area contributed by atoms with Crippen molar-refractivity contribution in [2.24, 2.45) is 10.4 Å². The van der Waals surface area contributed by atoms with Gasteiger partial charge in [0.1, 0.15) is 0 Å². The lowest BCUT2D eigenvalue weighted by Crippen LogP contribution is -2.39. The molecule has 4 heteroatoms. The highest BCUT2D eigenvalue weighted by molar-refractivity contribution is 6.20. The van der Waals surface area contributed by atoms with Gasteiger partial charge in [0, 0.05) is 23.2 Å². The average Bonchev–Trinajstić information content (AvgIpc) is 3.03. The standard InChI is InChI=1S/C21H36N2O.C4H10.C3H7Cl.C2H6/c1-8-18(13-15(2)21(5,6)7)16(3)22-17(4)20-12-10-9-11-19(14-24)23-20;1-3-4-2;1-3(2)4;1-2/h8,13,19-20,23-24H,4,9-12,14H2,1-3,5-7H3;3-4H2,1-2H3;3H,1-2H3;1-2H3/b15-13+,18-8-,22-16?;;;. The van der Waals surface area contributed by atoms with Gasteiger partial charge in [0.2, 0.25) is 0 Å². The molecule has 202 valence electrons. The molecule has 1 saturated heterocycles. The molecular weight excluding hydrogens is 440 g/mol. The summed E-state index contributed by atoms with van der Waals surface area (Å²) in [7, 11) is 0. The van der Waals surface area contributed by atoms with Crippen molar-refractivity contribution in [2.75, 3.05) is 6.61 Å². The number of rotatable bonds is 6. The van der Waals surface area contributed by atoms with E-state index < -0.39 is 0 Å². The number of aliphatic hydroxyl groups excluding tert-OH is 1. The number of aliphatic imine (C=N–C) groups is 1. The van der Waals surface area contributed by atoms with Gasteiger partial charge in [-0.25, -0.2) is 0 Å². The van der Waals surface area contributed by atoms with E-state index >= 15 is 0 Å². The molecule has 0 aromatic rings. The summed E-state index contributed by atoms with van der Waals surface area (Å²) >= 11 is 5.27. The zero-order chi connectivity index (χ0) is 27.3. The van der Waals surface area contributed by atoms with Crippen LogP contribution >= 0.6 is 11.6 Å². The van der Waals surface area contributed by atoms with Gasteiger partial charge in [0.05, 0.1) is 12.3 Å². The maximum Gasteiger partial charge on any atom is 0.0584 e. The lowest BCUT2D eigenvalue weighted by Gasteiger charge is -2.22. The Morgan fingerprint density at radius 1 is 1.12 bits per heavy atom. The molecule has 1 rings (SSSR count). The van der Waals surface area contributed by atoms with Gasteiger partial charge in [0.25, 0.3) is 0 Å². The third-order valence-electron chi connectivity index (χ3n) is 5.45. The first-order chi connectivity index (χ1) is 15.8. The Morgan fingerprint density at radius 3 is 1.97 bits per heavy atom. The number of aliphatic hydroxyl groups is 1. The van der Waals surface area contributed by atoms with Crippen LogP contribution in [0.5, 0.6) is 0 Å². The van der Waals surface area contributed by atoms with Crippen LogP contribution in [0.25, 0.3) is 0 Å². The van der Waals surface area contributed by atoms with Crippen LogP contribution in [0.3, 0.4) is 0 Å². The summed E-state index contributed by atoms with van der Waals surface area (Å²) < 4.78 is 0. The summed E-state index contributed by atoms with van der Waals surface area (Å²) in [5.41, 5.74) is 4.51. The maximum atomic E-state index is 9.45. The molecule has 0 aliphatic carbocycles. The predicted octanol–water partition coefficient (Wildman–Crippen LogP) is 9.26. The van der Waals surface area contributed by atoms with Crippen molar-refractivity contribution in [3.05, 3.63) is 35.6 Å². The minimum absolute atomic E-state index is 0.155. The van der Waals surface area contributed by atoms with Crippen LogP contribution < -0.4 is 5.32 Å². The van der Waals surface area contributed by atoms with Crippen LogP contribution in [-0.4, -0.2) is 34.9 Å². The Balaban J connectivity index is -0.000000816. The van der Waals surface area contributed by atoms with Crippen LogP contribution in [0.4, 0.5) is 0 Å². The number of hydrogen-bond acceptors (Lipinski definition) is 3. The first-order valence-corrected chi connectivity index (χ1v) is 13.9. The van der Waals surface area contributed by atoms with Gasteiger partial charge in [-0.3, -0.25) is 4.99 Å². The van der Waals surface area contributed by atoms with Gasteiger partial charge < -0.3 is 10.4 Å². The van der Waals surface area contributed by atoms with Gasteiger partial charge >= 0.3 is 0 Å². The highest BCUT2D eigenvalue weighted by Crippen LogP contribution is 2.26. The summed E-state index contributed by atoms with van der Waals surface area (Å²) in [5, 5.41) is 13.3. The van der Waals surface area contributed by atoms with E-state index in [1.54, 1.807) is 0 Å². The van der Waals surface area contributed by atoms with E-state index in [4.69, 9.17) is 16.6 Å². The fourth-order valence-corrected chi connectivity index (χ4v) is 2.80. The molecular formula is C30H59ClN2O. The largest absolute Gasteiger partial charge is 0.395 e. The molecule has 1 heterocycles. The molecule has 0 radical (unpaired) electrons. The molecule has 1 fully saturated rings. The first-order valence-electron chi connectivity index (χ1n) is 13.4. The van der Waals surface area contributed by atoms with Crippen LogP contribution in [0.1, 0.15) is 122 Å². The van der Waals surface area contributed by atoms with Crippen molar-refractivity contribution in [3.63, 3.8) is 0 Å². The van der Waals surface area contributed by atoms with Crippen molar-refractivity contribution in [1.29, 1.82) is 0 Å². The van der Waals surface area contributed by atoms with Gasteiger partial charge in [-0.15, -0.1) is 11.6 Å². The maximum absolute atomic E-state index is 9.45. The first kappa shape index (κ1) is 37.6. The van der Waals surface area contributed by atoms with E-state index in [1.807, 2.05) is 34.6 Å². The van der Waals surface area contributed by atoms with Crippen molar-refractivity contribution < 1.29 is 5.11 Å². The SMILES string of the molecule is C=C(N=C(C)C(=C\C)/C=C(\C)C(C)(C)C)C1CCCCC(CO)N1.CC.CC(C)Cl.CCCC. The highest BCUT2D eigenvalue weighted by Gasteiger charge is 2.21. The van der Waals surface area contributed by atoms with Gasteiger partial charge in [0.15, 0.2) is 0 Å². The third-order valence-corrected chi connectivity index (χ3v) is 5.45. The van der Waals surface area contributed by atoms with Crippen molar-refractivity contribution in [2.45, 2.75) is 139 Å². The topological polar surface area (TPSA) is 44.6 Å². The van der Waals surface area contributed by atoms with Crippen LogP contribution in [0, 0.1) is 5.41 Å². The Kier molecular flexibility index (Phi) is 25.0. The molecule has 1 aliphatic heterocycles. The molecule has 2 N–H and O–H groups in total. The fraction of sp³-hybridized carbons (Fsp3) is 0.767. The summed E-state index contributed by atoms with van der Waals surface area (Å²) in [6.45, 7) is 29.5. The molecule has 1 aliphatic rings. The highest BCUT2D eigenvalue weighted by atomic mass is 35.5. The van der Waals surface area contributed by atoms with E-state index in [0.717, 1.165) is 42.7 Å². The third kappa shape index (κ3) is 20.5. The molecule has 2 atom stereocenters. The lowest BCUT2D eigenvalue weighted by molar-refractivity contribution is 0.233. The number of allylic oxidation sites excluding steroid dienone is 4. The van der Waals surface area contributed by atoms with Crippen molar-refractivity contribution >= 4 is 17.3 Å². The molecule has 0 amide bonds. The van der Waals surface area contributed by atoms with Crippen molar-refractivity contribution in [3.8, 4) is 0 Å². The molecule has 34 heavy (non-hydrogen) atoms. The van der Waals surface area contributed by atoms with Gasteiger partial charge in [-0.2, -0.15) is 0 Å². The van der Waals surface area contributed by atoms with Gasteiger partial charge in [-0.05, 0) is 58.4 Å². The molecule has 0 spiro atoms. The summed E-state index contributed by atoms with van der Waals surface area (Å²) in [6.07, 6.45) is 11.3. The molecule has 0 aromatic carbocycles. The van der Waals surface area contributed by atoms with E-state index in [2.05, 4.69) is 72.5 Å². The molecule has 0 bridgehead atoms. The Labute approximate surface area is 219 Å². The Morgan fingerprint density at radius 2 is 1.59 bits per heavy atom. The zero-order valence-electron chi connectivity index (χ0n) is 24.8.